The molecule has 1 fully saturated rings. The maximum atomic E-state index is 15.0. The van der Waals surface area contributed by atoms with Crippen LogP contribution in [-0.4, -0.2) is 71.2 Å². The maximum absolute atomic E-state index is 15.0. The number of halogens is 2. The van der Waals surface area contributed by atoms with E-state index in [9.17, 15) is 4.39 Å². The molecule has 0 amide bonds. The van der Waals surface area contributed by atoms with Gasteiger partial charge in [-0.25, -0.2) is 9.37 Å². The van der Waals surface area contributed by atoms with Crippen LogP contribution >= 0.6 is 0 Å². The molecule has 0 bridgehead atoms. The number of piperazine rings is 1. The number of aromatic amines is 2. The number of anilines is 3. The minimum atomic E-state index is -0.802. The van der Waals surface area contributed by atoms with Crippen molar-refractivity contribution in [1.82, 2.24) is 30.2 Å². The minimum Gasteiger partial charge on any atom is -0.433 e. The van der Waals surface area contributed by atoms with Crippen LogP contribution in [0, 0.1) is 25.5 Å². The highest BCUT2D eigenvalue weighted by molar-refractivity contribution is 5.82. The second-order valence-corrected chi connectivity index (χ2v) is 11.5. The van der Waals surface area contributed by atoms with Crippen molar-refractivity contribution in [3.8, 4) is 11.6 Å². The third-order valence-corrected chi connectivity index (χ3v) is 7.68. The molecular weight excluding hydrogens is 598 g/mol. The summed E-state index contributed by atoms with van der Waals surface area (Å²) >= 11 is 0. The van der Waals surface area contributed by atoms with E-state index < -0.39 is 11.6 Å². The molecule has 0 atom stereocenters. The van der Waals surface area contributed by atoms with E-state index in [4.69, 9.17) is 4.74 Å². The van der Waals surface area contributed by atoms with Gasteiger partial charge in [0.1, 0.15) is 6.33 Å². The Morgan fingerprint density at radius 3 is 2.21 bits per heavy atom. The number of hydrogen-bond acceptors (Lipinski definition) is 7. The summed E-state index contributed by atoms with van der Waals surface area (Å²) in [6.45, 7) is 21.9. The lowest BCUT2D eigenvalue weighted by Crippen LogP contribution is -2.43. The zero-order chi connectivity index (χ0) is 33.9. The van der Waals surface area contributed by atoms with Crippen LogP contribution < -0.4 is 30.8 Å². The SMILES string of the molecule is C=c1cc(C)[nH]c1=C.CCCN(C)CC.Cc1cc2c(F)c(Oc3ncnc(Nc4ccc(N5CCNCC5)cc4)c3F)ccc2[nH]1. The summed E-state index contributed by atoms with van der Waals surface area (Å²) in [6, 6.07) is 14.5. The van der Waals surface area contributed by atoms with Crippen molar-refractivity contribution < 1.29 is 13.5 Å². The minimum absolute atomic E-state index is 0.0519. The third-order valence-electron chi connectivity index (χ3n) is 7.68. The van der Waals surface area contributed by atoms with E-state index in [1.807, 2.05) is 44.2 Å². The first-order valence-corrected chi connectivity index (χ1v) is 15.9. The fourth-order valence-electron chi connectivity index (χ4n) is 5.04. The summed E-state index contributed by atoms with van der Waals surface area (Å²) in [5, 5.41) is 8.54. The standard InChI is InChI=1S/C23H22F2N6O.C7H9N.C6H15N/c1-14-12-17-18(29-14)6-7-19(20(17)24)32-23-21(25)22(27-13-28-23)30-15-2-4-16(5-3-15)31-10-8-26-9-11-31;1-5-4-6(2)8-7(5)3;1-4-6-7(3)5-2/h2-7,12-13,26,29H,8-11H2,1H3,(H,27,28,30);4,8H,1,3H2,2H3;4-6H2,1-3H3. The predicted octanol–water partition coefficient (Wildman–Crippen LogP) is 5.98. The molecule has 4 N–H and O–H groups in total. The van der Waals surface area contributed by atoms with Crippen molar-refractivity contribution in [2.75, 3.05) is 56.5 Å². The number of hydrogen-bond donors (Lipinski definition) is 4. The summed E-state index contributed by atoms with van der Waals surface area (Å²) in [7, 11) is 2.14. The van der Waals surface area contributed by atoms with Crippen LogP contribution in [0.15, 0.2) is 54.9 Å². The molecule has 250 valence electrons. The topological polar surface area (TPSA) is 97.1 Å². The zero-order valence-electron chi connectivity index (χ0n) is 28.0. The molecule has 5 aromatic rings. The summed E-state index contributed by atoms with van der Waals surface area (Å²) < 4.78 is 35.3. The lowest BCUT2D eigenvalue weighted by Gasteiger charge is -2.29. The molecule has 4 heterocycles. The average Bonchev–Trinajstić information content (AvgIpc) is 3.60. The van der Waals surface area contributed by atoms with E-state index in [1.54, 1.807) is 12.1 Å². The van der Waals surface area contributed by atoms with Gasteiger partial charge < -0.3 is 35.1 Å². The second-order valence-electron chi connectivity index (χ2n) is 11.5. The van der Waals surface area contributed by atoms with Gasteiger partial charge in [0.15, 0.2) is 17.4 Å². The quantitative estimate of drug-likeness (QED) is 0.165. The van der Waals surface area contributed by atoms with E-state index in [-0.39, 0.29) is 17.4 Å². The summed E-state index contributed by atoms with van der Waals surface area (Å²) in [4.78, 5) is 18.5. The fourth-order valence-corrected chi connectivity index (χ4v) is 5.04. The lowest BCUT2D eigenvalue weighted by atomic mass is 10.2. The Morgan fingerprint density at radius 2 is 1.64 bits per heavy atom. The van der Waals surface area contributed by atoms with E-state index >= 15 is 4.39 Å². The van der Waals surface area contributed by atoms with Crippen LogP contribution in [0.5, 0.6) is 11.6 Å². The Labute approximate surface area is 275 Å². The number of ether oxygens (including phenoxy) is 1. The molecule has 0 aliphatic carbocycles. The van der Waals surface area contributed by atoms with Gasteiger partial charge in [0, 0.05) is 65.2 Å². The van der Waals surface area contributed by atoms with Crippen LogP contribution in [0.3, 0.4) is 0 Å². The highest BCUT2D eigenvalue weighted by Crippen LogP contribution is 2.32. The van der Waals surface area contributed by atoms with Crippen molar-refractivity contribution in [3.05, 3.63) is 88.4 Å². The first kappa shape index (κ1) is 35.1. The molecule has 0 saturated carbocycles. The van der Waals surface area contributed by atoms with E-state index in [0.29, 0.717) is 16.6 Å². The van der Waals surface area contributed by atoms with Crippen LogP contribution in [0.25, 0.3) is 24.1 Å². The van der Waals surface area contributed by atoms with E-state index in [0.717, 1.165) is 53.8 Å². The first-order valence-electron chi connectivity index (χ1n) is 15.9. The van der Waals surface area contributed by atoms with Crippen molar-refractivity contribution >= 4 is 41.3 Å². The fraction of sp³-hybridized carbons (Fsp3) is 0.333. The largest absolute Gasteiger partial charge is 0.433 e. The zero-order valence-corrected chi connectivity index (χ0v) is 28.0. The van der Waals surface area contributed by atoms with E-state index in [1.165, 1.54) is 31.9 Å². The van der Waals surface area contributed by atoms with Gasteiger partial charge in [-0.15, -0.1) is 0 Å². The van der Waals surface area contributed by atoms with Crippen LogP contribution in [0.1, 0.15) is 31.7 Å². The van der Waals surface area contributed by atoms with Crippen LogP contribution in [0.4, 0.5) is 26.0 Å². The van der Waals surface area contributed by atoms with Crippen LogP contribution in [-0.2, 0) is 0 Å². The van der Waals surface area contributed by atoms with Gasteiger partial charge in [0.25, 0.3) is 5.88 Å². The molecule has 0 spiro atoms. The number of aromatic nitrogens is 4. The monoisotopic (exact) mass is 644 g/mol. The molecule has 11 heteroatoms. The highest BCUT2D eigenvalue weighted by Gasteiger charge is 2.18. The molecule has 1 saturated heterocycles. The third kappa shape index (κ3) is 9.63. The highest BCUT2D eigenvalue weighted by atomic mass is 19.1. The molecule has 0 radical (unpaired) electrons. The number of nitrogens with one attached hydrogen (secondary N) is 4. The second kappa shape index (κ2) is 16.7. The Morgan fingerprint density at radius 1 is 0.936 bits per heavy atom. The number of nitrogens with zero attached hydrogens (tertiary/aromatic N) is 4. The molecule has 2 aromatic carbocycles. The van der Waals surface area contributed by atoms with Gasteiger partial charge in [0.05, 0.1) is 0 Å². The number of rotatable bonds is 8. The van der Waals surface area contributed by atoms with Gasteiger partial charge in [-0.1, -0.05) is 27.0 Å². The molecule has 1 aliphatic heterocycles. The number of aryl methyl sites for hydroxylation is 2. The van der Waals surface area contributed by atoms with Gasteiger partial charge in [-0.2, -0.15) is 9.37 Å². The van der Waals surface area contributed by atoms with Gasteiger partial charge in [-0.05, 0) is 94.2 Å². The van der Waals surface area contributed by atoms with Gasteiger partial charge in [-0.3, -0.25) is 0 Å². The number of benzene rings is 2. The Bertz CT molecular complexity index is 1800. The lowest BCUT2D eigenvalue weighted by molar-refractivity contribution is 0.353. The average molecular weight is 645 g/mol. The van der Waals surface area contributed by atoms with Crippen molar-refractivity contribution in [2.24, 2.45) is 0 Å². The molecule has 47 heavy (non-hydrogen) atoms. The Kier molecular flexibility index (Phi) is 12.5. The summed E-state index contributed by atoms with van der Waals surface area (Å²) in [6.07, 6.45) is 2.44. The van der Waals surface area contributed by atoms with E-state index in [2.05, 4.69) is 74.4 Å². The molecule has 1 aliphatic rings. The molecule has 0 unspecified atom stereocenters. The summed E-state index contributed by atoms with van der Waals surface area (Å²) in [5.41, 5.74) is 4.36. The molecule has 3 aromatic heterocycles. The first-order chi connectivity index (χ1) is 22.6. The number of fused-ring (bicyclic) bond motifs is 1. The Hall–Kier alpha value is -4.74. The van der Waals surface area contributed by atoms with Crippen molar-refractivity contribution in [1.29, 1.82) is 0 Å². The summed E-state index contributed by atoms with van der Waals surface area (Å²) in [5.74, 6) is -1.90. The van der Waals surface area contributed by atoms with Crippen molar-refractivity contribution in [3.63, 3.8) is 0 Å². The predicted molar refractivity (Wildman–Crippen MR) is 189 cm³/mol. The molecule has 9 nitrogen and oxygen atoms in total. The van der Waals surface area contributed by atoms with Gasteiger partial charge in [0.2, 0.25) is 5.82 Å². The normalized spacial score (nSPS) is 12.7. The molecular formula is C36H46F2N8O. The smallest absolute Gasteiger partial charge is 0.261 e. The Balaban J connectivity index is 0.000000276. The maximum Gasteiger partial charge on any atom is 0.261 e. The van der Waals surface area contributed by atoms with Crippen LogP contribution in [0.2, 0.25) is 0 Å². The molecule has 6 rings (SSSR count). The van der Waals surface area contributed by atoms with Gasteiger partial charge >= 0.3 is 0 Å². The van der Waals surface area contributed by atoms with Crippen molar-refractivity contribution in [2.45, 2.75) is 34.1 Å². The number of H-pyrrole nitrogens is 2.